The molecule has 0 fully saturated rings. The lowest BCUT2D eigenvalue weighted by molar-refractivity contribution is 0.0963. The largest absolute Gasteiger partial charge is 0.356 e. The van der Waals surface area contributed by atoms with E-state index in [1.54, 1.807) is 14.1 Å². The average Bonchev–Trinajstić information content (AvgIpc) is 2.65. The molecule has 0 aliphatic carbocycles. The lowest BCUT2D eigenvalue weighted by Gasteiger charge is -2.27. The Balaban J connectivity index is 0.00000625. The van der Waals surface area contributed by atoms with Crippen LogP contribution >= 0.6 is 24.0 Å². The number of halogens is 1. The topological polar surface area (TPSA) is 68.8 Å². The summed E-state index contributed by atoms with van der Waals surface area (Å²) in [5.41, 5.74) is 1.82. The predicted molar refractivity (Wildman–Crippen MR) is 121 cm³/mol. The van der Waals surface area contributed by atoms with Crippen molar-refractivity contribution >= 4 is 35.8 Å². The van der Waals surface area contributed by atoms with Crippen LogP contribution in [-0.2, 0) is 6.42 Å². The quantitative estimate of drug-likeness (QED) is 0.291. The van der Waals surface area contributed by atoms with Crippen LogP contribution in [0.15, 0.2) is 29.3 Å². The maximum atomic E-state index is 11.7. The molecule has 0 heterocycles. The Labute approximate surface area is 175 Å². The normalized spacial score (nSPS) is 12.3. The minimum Gasteiger partial charge on any atom is -0.356 e. The van der Waals surface area contributed by atoms with Gasteiger partial charge in [0.25, 0.3) is 5.91 Å². The monoisotopic (exact) mass is 475 g/mol. The van der Waals surface area contributed by atoms with Crippen molar-refractivity contribution in [1.82, 2.24) is 20.9 Å². The summed E-state index contributed by atoms with van der Waals surface area (Å²) < 4.78 is 0. The van der Waals surface area contributed by atoms with E-state index in [1.807, 2.05) is 24.3 Å². The van der Waals surface area contributed by atoms with Gasteiger partial charge in [0, 0.05) is 38.8 Å². The molecule has 0 saturated carbocycles. The molecule has 1 amide bonds. The number of guanidine groups is 1. The summed E-state index contributed by atoms with van der Waals surface area (Å²) in [6.45, 7) is 10.3. The summed E-state index contributed by atoms with van der Waals surface area (Å²) in [5.74, 6) is 0.749. The molecule has 0 aliphatic rings. The van der Waals surface area contributed by atoms with Crippen molar-refractivity contribution in [3.8, 4) is 0 Å². The maximum Gasteiger partial charge on any atom is 0.251 e. The highest BCUT2D eigenvalue weighted by Gasteiger charge is 2.10. The van der Waals surface area contributed by atoms with Crippen LogP contribution in [0.2, 0.25) is 0 Å². The summed E-state index contributed by atoms with van der Waals surface area (Å²) >= 11 is 0. The zero-order chi connectivity index (χ0) is 18.7. The molecule has 0 bridgehead atoms. The van der Waals surface area contributed by atoms with Crippen molar-refractivity contribution < 1.29 is 4.79 Å². The van der Waals surface area contributed by atoms with Crippen molar-refractivity contribution in [2.24, 2.45) is 4.99 Å². The number of carbonyl (C=O) groups excluding carboxylic acids is 1. The van der Waals surface area contributed by atoms with Gasteiger partial charge < -0.3 is 16.0 Å². The van der Waals surface area contributed by atoms with Crippen molar-refractivity contribution in [2.45, 2.75) is 33.2 Å². The SMILES string of the molecule is CCN(CC)C(C)CNC(=NC)NCCc1cccc(C(=O)NC)c1.I. The molecule has 0 aliphatic heterocycles. The van der Waals surface area contributed by atoms with Gasteiger partial charge in [-0.3, -0.25) is 14.7 Å². The molecule has 1 rings (SSSR count). The Bertz CT molecular complexity index is 561. The van der Waals surface area contributed by atoms with Crippen molar-refractivity contribution in [3.05, 3.63) is 35.4 Å². The number of hydrogen-bond acceptors (Lipinski definition) is 3. The first-order valence-corrected chi connectivity index (χ1v) is 9.05. The minimum absolute atomic E-state index is 0. The fourth-order valence-electron chi connectivity index (χ4n) is 2.78. The Hall–Kier alpha value is -1.35. The number of likely N-dealkylation sites (N-methyl/N-ethyl adjacent to an activating group) is 1. The highest BCUT2D eigenvalue weighted by molar-refractivity contribution is 14.0. The van der Waals surface area contributed by atoms with Gasteiger partial charge in [-0.2, -0.15) is 0 Å². The lowest BCUT2D eigenvalue weighted by Crippen LogP contribution is -2.46. The highest BCUT2D eigenvalue weighted by Crippen LogP contribution is 2.05. The standard InChI is InChI=1S/C19H33N5O.HI/c1-6-24(7-2)15(3)14-23-19(21-5)22-12-11-16-9-8-10-17(13-16)18(25)20-4;/h8-10,13,15H,6-7,11-12,14H2,1-5H3,(H,20,25)(H2,21,22,23);1H. The number of aliphatic imine (C=N–C) groups is 1. The van der Waals surface area contributed by atoms with Gasteiger partial charge in [-0.25, -0.2) is 0 Å². The van der Waals surface area contributed by atoms with E-state index in [1.165, 1.54) is 0 Å². The molecular weight excluding hydrogens is 441 g/mol. The third-order valence-electron chi connectivity index (χ3n) is 4.35. The van der Waals surface area contributed by atoms with Crippen LogP contribution in [-0.4, -0.2) is 63.1 Å². The number of carbonyl (C=O) groups is 1. The third-order valence-corrected chi connectivity index (χ3v) is 4.35. The third kappa shape index (κ3) is 8.35. The fraction of sp³-hybridized carbons (Fsp3) is 0.579. The Kier molecular flexibility index (Phi) is 13.1. The van der Waals surface area contributed by atoms with Gasteiger partial charge in [0.1, 0.15) is 0 Å². The highest BCUT2D eigenvalue weighted by atomic mass is 127. The van der Waals surface area contributed by atoms with E-state index >= 15 is 0 Å². The number of nitrogens with one attached hydrogen (secondary N) is 3. The number of rotatable bonds is 9. The summed E-state index contributed by atoms with van der Waals surface area (Å²) in [7, 11) is 3.43. The first-order valence-electron chi connectivity index (χ1n) is 9.05. The molecule has 1 unspecified atom stereocenters. The van der Waals surface area contributed by atoms with Gasteiger partial charge in [0.15, 0.2) is 5.96 Å². The van der Waals surface area contributed by atoms with E-state index in [9.17, 15) is 4.79 Å². The average molecular weight is 475 g/mol. The van der Waals surface area contributed by atoms with Crippen molar-refractivity contribution in [1.29, 1.82) is 0 Å². The molecule has 0 saturated heterocycles. The summed E-state index contributed by atoms with van der Waals surface area (Å²) in [6, 6.07) is 8.16. The second-order valence-corrected chi connectivity index (χ2v) is 5.98. The van der Waals surface area contributed by atoms with Gasteiger partial charge in [0.2, 0.25) is 0 Å². The minimum atomic E-state index is -0.0577. The zero-order valence-electron chi connectivity index (χ0n) is 16.6. The number of hydrogen-bond donors (Lipinski definition) is 3. The Morgan fingerprint density at radius 3 is 2.50 bits per heavy atom. The number of benzene rings is 1. The predicted octanol–water partition coefficient (Wildman–Crippen LogP) is 2.10. The first kappa shape index (κ1) is 24.7. The van der Waals surface area contributed by atoms with Crippen LogP contribution in [0.25, 0.3) is 0 Å². The molecule has 1 aromatic carbocycles. The van der Waals surface area contributed by atoms with Gasteiger partial charge in [-0.15, -0.1) is 24.0 Å². The van der Waals surface area contributed by atoms with E-state index in [0.29, 0.717) is 11.6 Å². The number of amides is 1. The van der Waals surface area contributed by atoms with E-state index in [-0.39, 0.29) is 29.9 Å². The maximum absolute atomic E-state index is 11.7. The fourth-order valence-corrected chi connectivity index (χ4v) is 2.78. The smallest absolute Gasteiger partial charge is 0.251 e. The molecule has 1 atom stereocenters. The van der Waals surface area contributed by atoms with E-state index in [2.05, 4.69) is 46.6 Å². The van der Waals surface area contributed by atoms with Crippen LogP contribution in [0, 0.1) is 0 Å². The van der Waals surface area contributed by atoms with Gasteiger partial charge >= 0.3 is 0 Å². The van der Waals surface area contributed by atoms with Crippen LogP contribution in [0.5, 0.6) is 0 Å². The van der Waals surface area contributed by atoms with E-state index in [4.69, 9.17) is 0 Å². The van der Waals surface area contributed by atoms with Crippen LogP contribution < -0.4 is 16.0 Å². The summed E-state index contributed by atoms with van der Waals surface area (Å²) in [5, 5.41) is 9.36. The number of nitrogens with zero attached hydrogens (tertiary/aromatic N) is 2. The molecule has 148 valence electrons. The molecule has 7 heteroatoms. The summed E-state index contributed by atoms with van der Waals surface area (Å²) in [4.78, 5) is 18.4. The Morgan fingerprint density at radius 2 is 1.92 bits per heavy atom. The molecule has 3 N–H and O–H groups in total. The van der Waals surface area contributed by atoms with Crippen molar-refractivity contribution in [2.75, 3.05) is 40.3 Å². The zero-order valence-corrected chi connectivity index (χ0v) is 19.0. The van der Waals surface area contributed by atoms with Crippen LogP contribution in [0.3, 0.4) is 0 Å². The Morgan fingerprint density at radius 1 is 1.23 bits per heavy atom. The lowest BCUT2D eigenvalue weighted by atomic mass is 10.1. The molecule has 0 spiro atoms. The molecule has 0 aromatic heterocycles. The van der Waals surface area contributed by atoms with Gasteiger partial charge in [-0.1, -0.05) is 26.0 Å². The molecule has 6 nitrogen and oxygen atoms in total. The van der Waals surface area contributed by atoms with Crippen molar-refractivity contribution in [3.63, 3.8) is 0 Å². The first-order chi connectivity index (χ1) is 12.0. The molecule has 26 heavy (non-hydrogen) atoms. The van der Waals surface area contributed by atoms with Crippen LogP contribution in [0.1, 0.15) is 36.7 Å². The molecular formula is C19H34IN5O. The van der Waals surface area contributed by atoms with Gasteiger partial charge in [0.05, 0.1) is 0 Å². The van der Waals surface area contributed by atoms with Crippen LogP contribution in [0.4, 0.5) is 0 Å². The van der Waals surface area contributed by atoms with E-state index in [0.717, 1.165) is 44.1 Å². The van der Waals surface area contributed by atoms with Gasteiger partial charge in [-0.05, 0) is 44.1 Å². The molecule has 1 aromatic rings. The molecule has 0 radical (unpaired) electrons. The van der Waals surface area contributed by atoms with E-state index < -0.39 is 0 Å². The second kappa shape index (κ2) is 13.8. The second-order valence-electron chi connectivity index (χ2n) is 5.98. The summed E-state index contributed by atoms with van der Waals surface area (Å²) in [6.07, 6.45) is 0.830.